The number of hydrogen-bond donors (Lipinski definition) is 0. The van der Waals surface area contributed by atoms with E-state index in [1.54, 1.807) is 0 Å². The van der Waals surface area contributed by atoms with Crippen molar-refractivity contribution in [3.63, 3.8) is 0 Å². The average molecular weight is 432 g/mol. The van der Waals surface area contributed by atoms with E-state index in [2.05, 4.69) is 16.5 Å². The van der Waals surface area contributed by atoms with Crippen LogP contribution in [0.1, 0.15) is 43.7 Å². The Morgan fingerprint density at radius 1 is 1.13 bits per heavy atom. The number of halogens is 3. The minimum Gasteiger partial charge on any atom is -0.486 e. The van der Waals surface area contributed by atoms with E-state index in [-0.39, 0.29) is 18.2 Å². The molecule has 4 nitrogen and oxygen atoms in total. The standard InChI is InChI=1S/C24H27F3N2O2/c1-15(2)14-30-22-10-16(3)4-8-21(22)31-20-11-18-6-7-19(12-20)29(18)23-9-5-17(13-28-23)24(25,26)27/h4-5,8-10,13,18-20H,1,6-7,11-12,14H2,2-3H3/t18-,19+,20+. The highest BCUT2D eigenvalue weighted by molar-refractivity contribution is 5.46. The van der Waals surface area contributed by atoms with E-state index in [9.17, 15) is 13.2 Å². The molecule has 7 heteroatoms. The van der Waals surface area contributed by atoms with Crippen molar-refractivity contribution in [2.24, 2.45) is 0 Å². The second kappa shape index (κ2) is 8.44. The second-order valence-corrected chi connectivity index (χ2v) is 8.60. The Balaban J connectivity index is 1.46. The van der Waals surface area contributed by atoms with Crippen LogP contribution in [0.2, 0.25) is 0 Å². The zero-order chi connectivity index (χ0) is 22.2. The van der Waals surface area contributed by atoms with Crippen molar-refractivity contribution in [1.82, 2.24) is 4.98 Å². The van der Waals surface area contributed by atoms with Gasteiger partial charge in [-0.15, -0.1) is 0 Å². The van der Waals surface area contributed by atoms with Crippen molar-refractivity contribution < 1.29 is 22.6 Å². The van der Waals surface area contributed by atoms with Crippen LogP contribution in [0.4, 0.5) is 19.0 Å². The van der Waals surface area contributed by atoms with Crippen LogP contribution in [0.3, 0.4) is 0 Å². The zero-order valence-electron chi connectivity index (χ0n) is 17.8. The molecule has 166 valence electrons. The van der Waals surface area contributed by atoms with E-state index in [0.29, 0.717) is 18.2 Å². The van der Waals surface area contributed by atoms with Crippen molar-refractivity contribution in [3.05, 3.63) is 59.8 Å². The summed E-state index contributed by atoms with van der Waals surface area (Å²) in [5.41, 5.74) is 1.30. The van der Waals surface area contributed by atoms with Gasteiger partial charge in [0.2, 0.25) is 0 Å². The highest BCUT2D eigenvalue weighted by Crippen LogP contribution is 2.41. The van der Waals surface area contributed by atoms with Crippen LogP contribution in [0, 0.1) is 6.92 Å². The maximum Gasteiger partial charge on any atom is 0.417 e. The van der Waals surface area contributed by atoms with Gasteiger partial charge in [-0.1, -0.05) is 12.6 Å². The first kappa shape index (κ1) is 21.5. The number of anilines is 1. The molecule has 0 aliphatic carbocycles. The van der Waals surface area contributed by atoms with Crippen LogP contribution in [0.5, 0.6) is 11.5 Å². The van der Waals surface area contributed by atoms with Gasteiger partial charge in [0.05, 0.1) is 5.56 Å². The number of pyridine rings is 1. The molecule has 2 aromatic rings. The molecule has 0 unspecified atom stereocenters. The summed E-state index contributed by atoms with van der Waals surface area (Å²) < 4.78 is 50.8. The Bertz CT molecular complexity index is 929. The SMILES string of the molecule is C=C(C)COc1cc(C)ccc1O[C@H]1C[C@H]2CC[C@@H](C1)N2c1ccc(C(F)(F)F)cn1. The van der Waals surface area contributed by atoms with Crippen LogP contribution < -0.4 is 14.4 Å². The molecule has 2 fully saturated rings. The summed E-state index contributed by atoms with van der Waals surface area (Å²) in [6.45, 7) is 8.24. The first-order valence-corrected chi connectivity index (χ1v) is 10.6. The van der Waals surface area contributed by atoms with Gasteiger partial charge < -0.3 is 14.4 Å². The summed E-state index contributed by atoms with van der Waals surface area (Å²) in [5, 5.41) is 0. The molecule has 3 atom stereocenters. The predicted molar refractivity (Wildman–Crippen MR) is 114 cm³/mol. The molecule has 0 radical (unpaired) electrons. The number of nitrogens with zero attached hydrogens (tertiary/aromatic N) is 2. The molecule has 1 aromatic heterocycles. The molecule has 4 rings (SSSR count). The molecule has 2 saturated heterocycles. The summed E-state index contributed by atoms with van der Waals surface area (Å²) in [4.78, 5) is 6.29. The van der Waals surface area contributed by atoms with Gasteiger partial charge in [-0.05, 0) is 62.1 Å². The Morgan fingerprint density at radius 3 is 2.42 bits per heavy atom. The van der Waals surface area contributed by atoms with Crippen molar-refractivity contribution in [1.29, 1.82) is 0 Å². The Kier molecular flexibility index (Phi) is 5.86. The number of rotatable bonds is 6. The summed E-state index contributed by atoms with van der Waals surface area (Å²) in [7, 11) is 0. The first-order chi connectivity index (χ1) is 14.7. The normalized spacial score (nSPS) is 23.0. The molecule has 1 aromatic carbocycles. The number of aromatic nitrogens is 1. The quantitative estimate of drug-likeness (QED) is 0.529. The molecular weight excluding hydrogens is 405 g/mol. The molecule has 2 aliphatic heterocycles. The van der Waals surface area contributed by atoms with E-state index in [1.807, 2.05) is 32.0 Å². The van der Waals surface area contributed by atoms with Crippen molar-refractivity contribution in [2.75, 3.05) is 11.5 Å². The van der Waals surface area contributed by atoms with Gasteiger partial charge >= 0.3 is 6.18 Å². The van der Waals surface area contributed by atoms with Crippen LogP contribution in [0.15, 0.2) is 48.7 Å². The second-order valence-electron chi connectivity index (χ2n) is 8.60. The lowest BCUT2D eigenvalue weighted by Crippen LogP contribution is -2.46. The minimum atomic E-state index is -4.37. The van der Waals surface area contributed by atoms with Gasteiger partial charge in [0.1, 0.15) is 18.5 Å². The maximum absolute atomic E-state index is 12.9. The average Bonchev–Trinajstić information content (AvgIpc) is 2.98. The van der Waals surface area contributed by atoms with Gasteiger partial charge in [-0.2, -0.15) is 13.2 Å². The van der Waals surface area contributed by atoms with Gasteiger partial charge in [0, 0.05) is 31.1 Å². The molecule has 0 amide bonds. The largest absolute Gasteiger partial charge is 0.486 e. The monoisotopic (exact) mass is 432 g/mol. The smallest absolute Gasteiger partial charge is 0.417 e. The van der Waals surface area contributed by atoms with Gasteiger partial charge in [0.15, 0.2) is 11.5 Å². The highest BCUT2D eigenvalue weighted by atomic mass is 19.4. The molecule has 2 aliphatic rings. The number of alkyl halides is 3. The number of piperidine rings is 1. The molecule has 31 heavy (non-hydrogen) atoms. The van der Waals surface area contributed by atoms with Gasteiger partial charge in [0.25, 0.3) is 0 Å². The molecular formula is C24H27F3N2O2. The molecule has 3 heterocycles. The van der Waals surface area contributed by atoms with Crippen molar-refractivity contribution in [3.8, 4) is 11.5 Å². The fourth-order valence-electron chi connectivity index (χ4n) is 4.51. The van der Waals surface area contributed by atoms with Crippen LogP contribution in [-0.2, 0) is 6.18 Å². The minimum absolute atomic E-state index is 0.0260. The molecule has 0 spiro atoms. The zero-order valence-corrected chi connectivity index (χ0v) is 17.8. The lowest BCUT2D eigenvalue weighted by atomic mass is 9.99. The molecule has 0 saturated carbocycles. The highest BCUT2D eigenvalue weighted by Gasteiger charge is 2.42. The van der Waals surface area contributed by atoms with Crippen molar-refractivity contribution >= 4 is 5.82 Å². The topological polar surface area (TPSA) is 34.6 Å². The van der Waals surface area contributed by atoms with Crippen LogP contribution in [-0.4, -0.2) is 29.8 Å². The fourth-order valence-corrected chi connectivity index (χ4v) is 4.51. The third-order valence-corrected chi connectivity index (χ3v) is 5.90. The number of benzene rings is 1. The van der Waals surface area contributed by atoms with E-state index >= 15 is 0 Å². The van der Waals surface area contributed by atoms with E-state index < -0.39 is 11.7 Å². The lowest BCUT2D eigenvalue weighted by Gasteiger charge is -2.39. The Hall–Kier alpha value is -2.70. The van der Waals surface area contributed by atoms with E-state index in [0.717, 1.165) is 54.8 Å². The van der Waals surface area contributed by atoms with E-state index in [1.165, 1.54) is 6.07 Å². The van der Waals surface area contributed by atoms with E-state index in [4.69, 9.17) is 9.47 Å². The number of hydrogen-bond acceptors (Lipinski definition) is 4. The third-order valence-electron chi connectivity index (χ3n) is 5.90. The summed E-state index contributed by atoms with van der Waals surface area (Å²) >= 11 is 0. The number of ether oxygens (including phenoxy) is 2. The Morgan fingerprint density at radius 2 is 1.84 bits per heavy atom. The third kappa shape index (κ3) is 4.81. The van der Waals surface area contributed by atoms with Gasteiger partial charge in [-0.25, -0.2) is 4.98 Å². The van der Waals surface area contributed by atoms with Gasteiger partial charge in [-0.3, -0.25) is 0 Å². The molecule has 0 N–H and O–H groups in total. The summed E-state index contributed by atoms with van der Waals surface area (Å²) in [6, 6.07) is 8.92. The first-order valence-electron chi connectivity index (χ1n) is 10.6. The van der Waals surface area contributed by atoms with Crippen LogP contribution >= 0.6 is 0 Å². The summed E-state index contributed by atoms with van der Waals surface area (Å²) in [5.74, 6) is 2.04. The summed E-state index contributed by atoms with van der Waals surface area (Å²) in [6.07, 6.45) is 0.149. The lowest BCUT2D eigenvalue weighted by molar-refractivity contribution is -0.137. The predicted octanol–water partition coefficient (Wildman–Crippen LogP) is 5.94. The fraction of sp³-hybridized carbons (Fsp3) is 0.458. The van der Waals surface area contributed by atoms with Crippen LogP contribution in [0.25, 0.3) is 0 Å². The van der Waals surface area contributed by atoms with Crippen molar-refractivity contribution in [2.45, 2.75) is 63.9 Å². The maximum atomic E-state index is 12.9. The Labute approximate surface area is 180 Å². The molecule has 2 bridgehead atoms. The number of aryl methyl sites for hydroxylation is 1. The number of fused-ring (bicyclic) bond motifs is 2.